The van der Waals surface area contributed by atoms with Crippen molar-refractivity contribution in [2.24, 2.45) is 5.73 Å². The second-order valence-electron chi connectivity index (χ2n) is 14.3. The SMILES string of the molecule is [2H]C([2H])(OC(=O)CCCCCCCCCCCCCCCC)[C@@]([2H])(OC(=O)CCCCC/C=C/C/C=C/C/C=C/C/C=C/CCCCC)C([2H])([2H])OP(=O)(O)OC[C@H](N)C(=O)O. The van der Waals surface area contributed by atoms with Crippen molar-refractivity contribution in [2.45, 2.75) is 199 Å². The van der Waals surface area contributed by atoms with Gasteiger partial charge in [0.1, 0.15) is 12.6 Å². The van der Waals surface area contributed by atoms with Crippen LogP contribution in [0.5, 0.6) is 0 Å². The molecule has 0 spiro atoms. The van der Waals surface area contributed by atoms with Crippen molar-refractivity contribution < 1.29 is 54.3 Å². The lowest BCUT2D eigenvalue weighted by Crippen LogP contribution is -2.34. The molecule has 57 heavy (non-hydrogen) atoms. The lowest BCUT2D eigenvalue weighted by Gasteiger charge is -2.20. The van der Waals surface area contributed by atoms with Gasteiger partial charge in [-0.3, -0.25) is 23.4 Å². The topological polar surface area (TPSA) is 172 Å². The summed E-state index contributed by atoms with van der Waals surface area (Å²) in [7, 11) is -5.61. The molecular formula is C45H80NO10P. The quantitative estimate of drug-likeness (QED) is 0.0232. The minimum Gasteiger partial charge on any atom is -0.480 e. The molecule has 0 rings (SSSR count). The predicted octanol–water partition coefficient (Wildman–Crippen LogP) is 11.8. The summed E-state index contributed by atoms with van der Waals surface area (Å²) in [5.74, 6) is -4.01. The zero-order valence-electron chi connectivity index (χ0n) is 40.2. The molecule has 0 aliphatic rings. The molecule has 0 saturated heterocycles. The molecule has 0 aromatic rings. The third-order valence-corrected chi connectivity index (χ3v) is 9.70. The summed E-state index contributed by atoms with van der Waals surface area (Å²) < 4.78 is 73.5. The number of allylic oxidation sites excluding steroid dienone is 8. The summed E-state index contributed by atoms with van der Waals surface area (Å²) >= 11 is 0. The number of hydrogen-bond donors (Lipinski definition) is 3. The Kier molecular flexibility index (Phi) is 32.1. The minimum absolute atomic E-state index is 0.226. The molecule has 12 heteroatoms. The fourth-order valence-electron chi connectivity index (χ4n) is 5.49. The number of unbranched alkanes of at least 4 members (excludes halogenated alkanes) is 19. The van der Waals surface area contributed by atoms with Crippen molar-refractivity contribution in [3.05, 3.63) is 48.6 Å². The van der Waals surface area contributed by atoms with Gasteiger partial charge in [0.25, 0.3) is 0 Å². The largest absolute Gasteiger partial charge is 0.480 e. The molecule has 0 aromatic carbocycles. The first kappa shape index (κ1) is 45.5. The van der Waals surface area contributed by atoms with Gasteiger partial charge in [0.05, 0.1) is 20.0 Å². The van der Waals surface area contributed by atoms with Gasteiger partial charge in [-0.2, -0.15) is 0 Å². The van der Waals surface area contributed by atoms with E-state index >= 15 is 0 Å². The second kappa shape index (κ2) is 40.2. The highest BCUT2D eigenvalue weighted by Gasteiger charge is 2.28. The summed E-state index contributed by atoms with van der Waals surface area (Å²) in [6.07, 6.45) is 37.1. The number of carboxylic acids is 1. The van der Waals surface area contributed by atoms with Crippen molar-refractivity contribution >= 4 is 25.7 Å². The summed E-state index contributed by atoms with van der Waals surface area (Å²) in [6, 6.07) is -1.81. The maximum Gasteiger partial charge on any atom is 0.472 e. The first-order chi connectivity index (χ1) is 29.4. The number of ether oxygens (including phenoxy) is 2. The summed E-state index contributed by atoms with van der Waals surface area (Å²) in [5, 5.41) is 8.95. The van der Waals surface area contributed by atoms with Crippen LogP contribution >= 0.6 is 7.82 Å². The highest BCUT2D eigenvalue weighted by atomic mass is 31.2. The third kappa shape index (κ3) is 40.0. The highest BCUT2D eigenvalue weighted by molar-refractivity contribution is 7.47. The molecule has 0 saturated carbocycles. The van der Waals surface area contributed by atoms with Crippen molar-refractivity contribution in [3.8, 4) is 0 Å². The number of esters is 2. The molecule has 0 radical (unpaired) electrons. The molecule has 3 atom stereocenters. The number of aliphatic carboxylic acids is 1. The summed E-state index contributed by atoms with van der Waals surface area (Å²) in [5.41, 5.74) is 5.28. The Morgan fingerprint density at radius 3 is 1.51 bits per heavy atom. The van der Waals surface area contributed by atoms with E-state index in [0.29, 0.717) is 25.7 Å². The Morgan fingerprint density at radius 2 is 1.02 bits per heavy atom. The first-order valence-corrected chi connectivity index (χ1v) is 23.1. The fraction of sp³-hybridized carbons (Fsp3) is 0.756. The first-order valence-electron chi connectivity index (χ1n) is 24.1. The number of nitrogens with two attached hydrogens (primary N) is 1. The van der Waals surface area contributed by atoms with Crippen LogP contribution in [-0.4, -0.2) is 59.8 Å². The Balaban J connectivity index is 5.10. The van der Waals surface area contributed by atoms with Crippen molar-refractivity contribution in [3.63, 3.8) is 0 Å². The smallest absolute Gasteiger partial charge is 0.472 e. The fourth-order valence-corrected chi connectivity index (χ4v) is 6.09. The van der Waals surface area contributed by atoms with E-state index in [-0.39, 0.29) is 19.3 Å². The molecule has 11 nitrogen and oxygen atoms in total. The molecule has 0 aliphatic heterocycles. The van der Waals surface area contributed by atoms with Gasteiger partial charge in [-0.25, -0.2) is 4.57 Å². The predicted molar refractivity (Wildman–Crippen MR) is 231 cm³/mol. The summed E-state index contributed by atoms with van der Waals surface area (Å²) in [6.45, 7) is -4.44. The molecule has 330 valence electrons. The zero-order chi connectivity index (χ0) is 46.6. The molecule has 1 unspecified atom stereocenters. The standard InChI is InChI=1S/C45H80NO10P/c1-3-5-7-9-11-13-15-17-19-20-21-22-23-25-27-29-31-33-35-37-44(48)56-41(39-54-57(51,52)55-40-42(46)45(49)50)38-53-43(47)36-34-32-30-28-26-24-18-16-14-12-10-8-6-4-2/h11,13,17,19,21-22,25,27,41-42H,3-10,12,14-16,18,20,23-24,26,28-40,46H2,1-2H3,(H,49,50)(H,51,52)/b13-11+,19-17+,22-21+,27-25+/t41-,42+/m1/s1/i38D2,39D2,41D. The van der Waals surface area contributed by atoms with Crippen LogP contribution in [0.15, 0.2) is 48.6 Å². The van der Waals surface area contributed by atoms with Crippen LogP contribution < -0.4 is 5.73 Å². The van der Waals surface area contributed by atoms with E-state index in [4.69, 9.17) is 27.2 Å². The monoisotopic (exact) mass is 831 g/mol. The van der Waals surface area contributed by atoms with E-state index in [0.717, 1.165) is 57.8 Å². The van der Waals surface area contributed by atoms with E-state index in [1.165, 1.54) is 70.6 Å². The normalized spacial score (nSPS) is 16.5. The number of carboxylic acid groups (broad SMARTS) is 1. The van der Waals surface area contributed by atoms with Crippen LogP contribution in [0.3, 0.4) is 0 Å². The van der Waals surface area contributed by atoms with Gasteiger partial charge in [-0.15, -0.1) is 0 Å². The molecule has 0 aromatic heterocycles. The van der Waals surface area contributed by atoms with Crippen LogP contribution in [0, 0.1) is 0 Å². The van der Waals surface area contributed by atoms with Gasteiger partial charge in [-0.05, 0) is 57.8 Å². The number of carbonyl (C=O) groups is 3. The van der Waals surface area contributed by atoms with E-state index in [9.17, 15) is 23.8 Å². The molecule has 4 N–H and O–H groups in total. The molecule has 0 fully saturated rings. The van der Waals surface area contributed by atoms with Crippen molar-refractivity contribution in [1.82, 2.24) is 0 Å². The van der Waals surface area contributed by atoms with Crippen molar-refractivity contribution in [2.75, 3.05) is 19.7 Å². The second-order valence-corrected chi connectivity index (χ2v) is 15.7. The average molecular weight is 831 g/mol. The lowest BCUT2D eigenvalue weighted by molar-refractivity contribution is -0.161. The Hall–Kier alpha value is -2.56. The van der Waals surface area contributed by atoms with Crippen LogP contribution in [0.1, 0.15) is 194 Å². The van der Waals surface area contributed by atoms with Crippen LogP contribution in [0.2, 0.25) is 0 Å². The lowest BCUT2D eigenvalue weighted by atomic mass is 10.0. The van der Waals surface area contributed by atoms with Gasteiger partial charge < -0.3 is 25.2 Å². The Labute approximate surface area is 352 Å². The van der Waals surface area contributed by atoms with Crippen LogP contribution in [0.25, 0.3) is 0 Å². The van der Waals surface area contributed by atoms with Crippen molar-refractivity contribution in [1.29, 1.82) is 0 Å². The molecule has 0 heterocycles. The third-order valence-electron chi connectivity index (χ3n) is 8.91. The molecule has 0 bridgehead atoms. The van der Waals surface area contributed by atoms with Gasteiger partial charge in [0.15, 0.2) is 6.08 Å². The maximum absolute atomic E-state index is 12.9. The molecule has 0 amide bonds. The number of rotatable bonds is 41. The Morgan fingerprint density at radius 1 is 0.614 bits per heavy atom. The zero-order valence-corrected chi connectivity index (χ0v) is 36.1. The maximum atomic E-state index is 12.9. The van der Waals surface area contributed by atoms with E-state index in [2.05, 4.69) is 59.4 Å². The van der Waals surface area contributed by atoms with Crippen LogP contribution in [-0.2, 0) is 37.5 Å². The van der Waals surface area contributed by atoms with Gasteiger partial charge >= 0.3 is 25.7 Å². The van der Waals surface area contributed by atoms with Gasteiger partial charge in [0, 0.05) is 12.8 Å². The number of phosphoric ester groups is 1. The number of phosphoric acid groups is 1. The van der Waals surface area contributed by atoms with E-state index in [1.54, 1.807) is 0 Å². The van der Waals surface area contributed by atoms with Gasteiger partial charge in [0.2, 0.25) is 0 Å². The van der Waals surface area contributed by atoms with E-state index in [1.807, 2.05) is 12.2 Å². The summed E-state index contributed by atoms with van der Waals surface area (Å²) in [4.78, 5) is 46.9. The van der Waals surface area contributed by atoms with E-state index < -0.39 is 57.6 Å². The van der Waals surface area contributed by atoms with Gasteiger partial charge in [-0.1, -0.05) is 165 Å². The van der Waals surface area contributed by atoms with Crippen LogP contribution in [0.4, 0.5) is 0 Å². The highest BCUT2D eigenvalue weighted by Crippen LogP contribution is 2.43. The Bertz CT molecular complexity index is 1380. The minimum atomic E-state index is -5.61. The average Bonchev–Trinajstić information content (AvgIpc) is 3.20. The number of carbonyl (C=O) groups excluding carboxylic acids is 2. The number of hydrogen-bond acceptors (Lipinski definition) is 9. The molecule has 0 aliphatic carbocycles. The molecular weight excluding hydrogens is 745 g/mol.